The van der Waals surface area contributed by atoms with E-state index in [2.05, 4.69) is 10.2 Å². The summed E-state index contributed by atoms with van der Waals surface area (Å²) in [6, 6.07) is 11.3. The molecule has 0 heterocycles. The molecule has 0 saturated heterocycles. The van der Waals surface area contributed by atoms with Crippen molar-refractivity contribution in [3.63, 3.8) is 0 Å². The summed E-state index contributed by atoms with van der Waals surface area (Å²) in [6.07, 6.45) is 0. The zero-order valence-corrected chi connectivity index (χ0v) is 12.1. The Balaban J connectivity index is 1.93. The first kappa shape index (κ1) is 15.2. The second-order valence-electron chi connectivity index (χ2n) is 5.00. The molecule has 0 fully saturated rings. The highest BCUT2D eigenvalue weighted by Gasteiger charge is 2.09. The summed E-state index contributed by atoms with van der Waals surface area (Å²) in [5.41, 5.74) is 0.298. The Morgan fingerprint density at radius 1 is 0.792 bits per heavy atom. The molecule has 24 heavy (non-hydrogen) atoms. The first-order valence-corrected chi connectivity index (χ1v) is 6.79. The SMILES string of the molecule is O=[N+]([O-])c1ccc(/N=N/c2ccc3cc(O)c(O)cc3c2)c(O)c1. The summed E-state index contributed by atoms with van der Waals surface area (Å²) >= 11 is 0. The van der Waals surface area contributed by atoms with Crippen LogP contribution in [0.5, 0.6) is 17.2 Å². The number of hydrogen-bond donors (Lipinski definition) is 3. The Labute approximate surface area is 135 Å². The number of hydrogen-bond acceptors (Lipinski definition) is 7. The molecule has 0 aliphatic heterocycles. The fourth-order valence-electron chi connectivity index (χ4n) is 2.14. The Hall–Kier alpha value is -3.68. The third-order valence-electron chi connectivity index (χ3n) is 3.36. The van der Waals surface area contributed by atoms with E-state index in [0.29, 0.717) is 16.5 Å². The summed E-state index contributed by atoms with van der Waals surface area (Å²) in [6.45, 7) is 0. The smallest absolute Gasteiger partial charge is 0.273 e. The van der Waals surface area contributed by atoms with E-state index < -0.39 is 4.92 Å². The Morgan fingerprint density at radius 3 is 2.17 bits per heavy atom. The molecule has 3 N–H and O–H groups in total. The number of azo groups is 1. The molecule has 0 saturated carbocycles. The molecule has 8 nitrogen and oxygen atoms in total. The number of phenols is 3. The number of phenolic OH excluding ortho intramolecular Hbond substituents is 3. The number of non-ortho nitro benzene ring substituents is 1. The maximum absolute atomic E-state index is 10.6. The van der Waals surface area contributed by atoms with Crippen LogP contribution < -0.4 is 0 Å². The van der Waals surface area contributed by atoms with Gasteiger partial charge in [0.05, 0.1) is 16.7 Å². The van der Waals surface area contributed by atoms with E-state index in [-0.39, 0.29) is 28.6 Å². The van der Waals surface area contributed by atoms with Gasteiger partial charge < -0.3 is 15.3 Å². The fourth-order valence-corrected chi connectivity index (χ4v) is 2.14. The number of aromatic hydroxyl groups is 3. The van der Waals surface area contributed by atoms with Crippen LogP contribution in [0.15, 0.2) is 58.8 Å². The van der Waals surface area contributed by atoms with Gasteiger partial charge in [-0.3, -0.25) is 10.1 Å². The zero-order chi connectivity index (χ0) is 17.3. The van der Waals surface area contributed by atoms with Gasteiger partial charge in [0.15, 0.2) is 11.5 Å². The van der Waals surface area contributed by atoms with Gasteiger partial charge in [-0.15, -0.1) is 5.11 Å². The van der Waals surface area contributed by atoms with Crippen molar-refractivity contribution >= 4 is 27.8 Å². The van der Waals surface area contributed by atoms with Crippen molar-refractivity contribution in [2.45, 2.75) is 0 Å². The maximum atomic E-state index is 10.6. The zero-order valence-electron chi connectivity index (χ0n) is 12.1. The molecule has 3 aromatic rings. The van der Waals surface area contributed by atoms with Crippen molar-refractivity contribution in [2.24, 2.45) is 10.2 Å². The van der Waals surface area contributed by atoms with E-state index >= 15 is 0 Å². The Kier molecular flexibility index (Phi) is 3.70. The molecule has 0 radical (unpaired) electrons. The molecule has 0 aliphatic rings. The highest BCUT2D eigenvalue weighted by molar-refractivity contribution is 5.88. The van der Waals surface area contributed by atoms with E-state index in [9.17, 15) is 25.4 Å². The third kappa shape index (κ3) is 2.93. The highest BCUT2D eigenvalue weighted by atomic mass is 16.6. The standard InChI is InChI=1S/C16H11N3O5/c20-14-8-12(19(23)24)3-4-13(14)18-17-11-2-1-9-6-15(21)16(22)7-10(9)5-11/h1-8,20-22H/b18-17+. The van der Waals surface area contributed by atoms with Crippen LogP contribution in [0, 0.1) is 10.1 Å². The molecule has 3 rings (SSSR count). The molecular weight excluding hydrogens is 314 g/mol. The van der Waals surface area contributed by atoms with Gasteiger partial charge in [-0.2, -0.15) is 5.11 Å². The van der Waals surface area contributed by atoms with Gasteiger partial charge in [-0.05, 0) is 41.1 Å². The van der Waals surface area contributed by atoms with Gasteiger partial charge in [0.1, 0.15) is 11.4 Å². The van der Waals surface area contributed by atoms with Crippen LogP contribution in [0.3, 0.4) is 0 Å². The molecule has 0 aromatic heterocycles. The predicted octanol–water partition coefficient (Wildman–Crippen LogP) is 4.28. The van der Waals surface area contributed by atoms with Crippen LogP contribution in [-0.2, 0) is 0 Å². The average molecular weight is 325 g/mol. The minimum Gasteiger partial charge on any atom is -0.505 e. The van der Waals surface area contributed by atoms with Crippen molar-refractivity contribution in [3.8, 4) is 17.2 Å². The molecule has 0 aliphatic carbocycles. The topological polar surface area (TPSA) is 129 Å². The molecule has 8 heteroatoms. The lowest BCUT2D eigenvalue weighted by Crippen LogP contribution is -1.86. The minimum absolute atomic E-state index is 0.0919. The van der Waals surface area contributed by atoms with Gasteiger partial charge in [-0.25, -0.2) is 0 Å². The van der Waals surface area contributed by atoms with E-state index in [1.165, 1.54) is 24.3 Å². The fraction of sp³-hybridized carbons (Fsp3) is 0. The van der Waals surface area contributed by atoms with Crippen molar-refractivity contribution < 1.29 is 20.2 Å². The lowest BCUT2D eigenvalue weighted by molar-refractivity contribution is -0.384. The second-order valence-corrected chi connectivity index (χ2v) is 5.00. The first-order chi connectivity index (χ1) is 11.4. The molecule has 0 atom stereocenters. The van der Waals surface area contributed by atoms with Gasteiger partial charge in [-0.1, -0.05) is 6.07 Å². The third-order valence-corrected chi connectivity index (χ3v) is 3.36. The molecule has 0 spiro atoms. The van der Waals surface area contributed by atoms with Crippen molar-refractivity contribution in [1.82, 2.24) is 0 Å². The Bertz CT molecular complexity index is 985. The summed E-state index contributed by atoms with van der Waals surface area (Å²) in [4.78, 5) is 10.0. The van der Waals surface area contributed by atoms with Crippen LogP contribution >= 0.6 is 0 Å². The van der Waals surface area contributed by atoms with Crippen molar-refractivity contribution in [2.75, 3.05) is 0 Å². The van der Waals surface area contributed by atoms with Crippen LogP contribution in [0.2, 0.25) is 0 Å². The lowest BCUT2D eigenvalue weighted by Gasteiger charge is -2.02. The number of rotatable bonds is 3. The number of fused-ring (bicyclic) bond motifs is 1. The second kappa shape index (κ2) is 5.84. The maximum Gasteiger partial charge on any atom is 0.273 e. The van der Waals surface area contributed by atoms with Crippen LogP contribution in [0.25, 0.3) is 10.8 Å². The van der Waals surface area contributed by atoms with Gasteiger partial charge in [0.25, 0.3) is 5.69 Å². The van der Waals surface area contributed by atoms with E-state index in [0.717, 1.165) is 6.07 Å². The minimum atomic E-state index is -0.619. The average Bonchev–Trinajstić information content (AvgIpc) is 2.54. The molecule has 0 unspecified atom stereocenters. The van der Waals surface area contributed by atoms with E-state index in [4.69, 9.17) is 0 Å². The van der Waals surface area contributed by atoms with Crippen LogP contribution in [-0.4, -0.2) is 20.2 Å². The lowest BCUT2D eigenvalue weighted by atomic mass is 10.1. The summed E-state index contributed by atoms with van der Waals surface area (Å²) in [5.74, 6) is -0.811. The van der Waals surface area contributed by atoms with Gasteiger partial charge in [0, 0.05) is 6.07 Å². The molecule has 3 aromatic carbocycles. The first-order valence-electron chi connectivity index (χ1n) is 6.79. The highest BCUT2D eigenvalue weighted by Crippen LogP contribution is 2.34. The number of nitro groups is 1. The monoisotopic (exact) mass is 325 g/mol. The Morgan fingerprint density at radius 2 is 1.50 bits per heavy atom. The summed E-state index contributed by atoms with van der Waals surface area (Å²) in [5, 5.41) is 48.5. The van der Waals surface area contributed by atoms with E-state index in [1.54, 1.807) is 18.2 Å². The molecular formula is C16H11N3O5. The number of benzene rings is 3. The molecule has 0 bridgehead atoms. The predicted molar refractivity (Wildman–Crippen MR) is 86.2 cm³/mol. The molecule has 0 amide bonds. The van der Waals surface area contributed by atoms with Gasteiger partial charge >= 0.3 is 0 Å². The molecule has 120 valence electrons. The van der Waals surface area contributed by atoms with E-state index in [1.807, 2.05) is 0 Å². The van der Waals surface area contributed by atoms with Crippen LogP contribution in [0.4, 0.5) is 17.1 Å². The van der Waals surface area contributed by atoms with Gasteiger partial charge in [0.2, 0.25) is 0 Å². The quantitative estimate of drug-likeness (QED) is 0.286. The number of nitrogens with zero attached hydrogens (tertiary/aromatic N) is 3. The normalized spacial score (nSPS) is 11.2. The summed E-state index contributed by atoms with van der Waals surface area (Å²) < 4.78 is 0. The largest absolute Gasteiger partial charge is 0.505 e. The van der Waals surface area contributed by atoms with Crippen molar-refractivity contribution in [3.05, 3.63) is 58.6 Å². The number of nitro benzene ring substituents is 1. The van der Waals surface area contributed by atoms with Crippen molar-refractivity contribution in [1.29, 1.82) is 0 Å². The summed E-state index contributed by atoms with van der Waals surface area (Å²) in [7, 11) is 0. The van der Waals surface area contributed by atoms with Crippen LogP contribution in [0.1, 0.15) is 0 Å².